The number of benzene rings is 1. The van der Waals surface area contributed by atoms with Gasteiger partial charge in [-0.15, -0.1) is 24.0 Å². The molecule has 0 saturated heterocycles. The maximum atomic E-state index is 13.0. The van der Waals surface area contributed by atoms with Crippen molar-refractivity contribution in [1.82, 2.24) is 5.32 Å². The highest BCUT2D eigenvalue weighted by atomic mass is 127. The number of nitrogens with zero attached hydrogens (tertiary/aromatic N) is 1. The molecule has 2 rings (SSSR count). The number of hydrogen-bond donors (Lipinski definition) is 2. The second-order valence-electron chi connectivity index (χ2n) is 5.18. The molecule has 1 aliphatic carbocycles. The van der Waals surface area contributed by atoms with Crippen LogP contribution in [0.25, 0.3) is 0 Å². The van der Waals surface area contributed by atoms with Gasteiger partial charge in [0, 0.05) is 6.54 Å². The van der Waals surface area contributed by atoms with Crippen LogP contribution in [0.1, 0.15) is 30.4 Å². The Morgan fingerprint density at radius 3 is 2.55 bits per heavy atom. The normalized spacial score (nSPS) is 15.9. The van der Waals surface area contributed by atoms with E-state index in [1.807, 2.05) is 0 Å². The van der Waals surface area contributed by atoms with Crippen LogP contribution in [0.2, 0.25) is 0 Å². The summed E-state index contributed by atoms with van der Waals surface area (Å²) in [5.74, 6) is -0.249. The van der Waals surface area contributed by atoms with E-state index in [-0.39, 0.29) is 42.0 Å². The third-order valence-electron chi connectivity index (χ3n) is 3.59. The third kappa shape index (κ3) is 5.29. The Balaban J connectivity index is 0.00000242. The van der Waals surface area contributed by atoms with Crippen molar-refractivity contribution >= 4 is 29.9 Å². The van der Waals surface area contributed by atoms with Gasteiger partial charge in [-0.3, -0.25) is 0 Å². The fraction of sp³-hybridized carbons (Fsp3) is 0.500. The maximum absolute atomic E-state index is 13.0. The summed E-state index contributed by atoms with van der Waals surface area (Å²) >= 11 is 0. The standard InChI is InChI=1S/C14H17F4N3.HI/c15-11-5-4-10(12(6-11)14(16,17)18)8-21-13(19)20-7-9-2-1-3-9;/h4-6,9H,1-3,7-8H2,(H3,19,20,21);1H. The van der Waals surface area contributed by atoms with E-state index < -0.39 is 17.6 Å². The Morgan fingerprint density at radius 1 is 1.32 bits per heavy atom. The molecule has 0 spiro atoms. The number of hydrogen-bond acceptors (Lipinski definition) is 1. The quantitative estimate of drug-likeness (QED) is 0.331. The van der Waals surface area contributed by atoms with Crippen LogP contribution in [-0.2, 0) is 12.7 Å². The lowest BCUT2D eigenvalue weighted by Gasteiger charge is -2.25. The van der Waals surface area contributed by atoms with Crippen molar-refractivity contribution in [3.63, 3.8) is 0 Å². The molecule has 0 bridgehead atoms. The van der Waals surface area contributed by atoms with Gasteiger partial charge in [0.2, 0.25) is 0 Å². The van der Waals surface area contributed by atoms with Crippen LogP contribution in [0.5, 0.6) is 0 Å². The second kappa shape index (κ2) is 7.98. The van der Waals surface area contributed by atoms with Crippen LogP contribution in [0, 0.1) is 11.7 Å². The zero-order valence-corrected chi connectivity index (χ0v) is 14.1. The summed E-state index contributed by atoms with van der Waals surface area (Å²) in [6, 6.07) is 2.54. The lowest BCUT2D eigenvalue weighted by molar-refractivity contribution is -0.138. The largest absolute Gasteiger partial charge is 0.416 e. The zero-order valence-electron chi connectivity index (χ0n) is 11.8. The van der Waals surface area contributed by atoms with E-state index in [0.29, 0.717) is 18.5 Å². The SMILES string of the molecule is I.NC(=NCc1ccc(F)cc1C(F)(F)F)NCC1CCC1. The Labute approximate surface area is 143 Å². The second-order valence-corrected chi connectivity index (χ2v) is 5.18. The summed E-state index contributed by atoms with van der Waals surface area (Å²) in [5, 5.41) is 2.90. The molecule has 124 valence electrons. The first kappa shape index (κ1) is 19.0. The van der Waals surface area contributed by atoms with Crippen molar-refractivity contribution in [2.45, 2.75) is 32.0 Å². The van der Waals surface area contributed by atoms with E-state index in [0.717, 1.165) is 25.0 Å². The van der Waals surface area contributed by atoms with Crippen molar-refractivity contribution < 1.29 is 17.6 Å². The highest BCUT2D eigenvalue weighted by Crippen LogP contribution is 2.32. The Kier molecular flexibility index (Phi) is 6.89. The number of alkyl halides is 3. The van der Waals surface area contributed by atoms with Crippen LogP contribution < -0.4 is 11.1 Å². The van der Waals surface area contributed by atoms with Crippen molar-refractivity contribution in [2.24, 2.45) is 16.6 Å². The topological polar surface area (TPSA) is 50.4 Å². The van der Waals surface area contributed by atoms with Crippen molar-refractivity contribution in [1.29, 1.82) is 0 Å². The van der Waals surface area contributed by atoms with E-state index >= 15 is 0 Å². The van der Waals surface area contributed by atoms with Gasteiger partial charge in [-0.25, -0.2) is 9.38 Å². The molecule has 22 heavy (non-hydrogen) atoms. The molecule has 0 heterocycles. The summed E-state index contributed by atoms with van der Waals surface area (Å²) < 4.78 is 51.4. The molecular weight excluding hydrogens is 413 g/mol. The lowest BCUT2D eigenvalue weighted by atomic mass is 9.85. The summed E-state index contributed by atoms with van der Waals surface area (Å²) in [6.45, 7) is 0.448. The highest BCUT2D eigenvalue weighted by Gasteiger charge is 2.33. The van der Waals surface area contributed by atoms with Gasteiger partial charge in [0.05, 0.1) is 12.1 Å². The monoisotopic (exact) mass is 431 g/mol. The van der Waals surface area contributed by atoms with Gasteiger partial charge in [-0.05, 0) is 36.5 Å². The van der Waals surface area contributed by atoms with Crippen LogP contribution in [0.15, 0.2) is 23.2 Å². The average molecular weight is 431 g/mol. The molecule has 8 heteroatoms. The van der Waals surface area contributed by atoms with Gasteiger partial charge >= 0.3 is 6.18 Å². The van der Waals surface area contributed by atoms with E-state index in [1.165, 1.54) is 6.42 Å². The molecule has 0 unspecified atom stereocenters. The molecule has 3 nitrogen and oxygen atoms in total. The first-order valence-corrected chi connectivity index (χ1v) is 6.75. The van der Waals surface area contributed by atoms with Crippen molar-refractivity contribution in [3.05, 3.63) is 35.1 Å². The molecule has 1 aromatic rings. The Bertz CT molecular complexity index is 527. The van der Waals surface area contributed by atoms with E-state index in [2.05, 4.69) is 10.3 Å². The summed E-state index contributed by atoms with van der Waals surface area (Å²) in [7, 11) is 0. The molecule has 1 saturated carbocycles. The molecule has 0 amide bonds. The van der Waals surface area contributed by atoms with E-state index in [4.69, 9.17) is 5.73 Å². The predicted octanol–water partition coefficient (Wildman–Crippen LogP) is 3.67. The third-order valence-corrected chi connectivity index (χ3v) is 3.59. The summed E-state index contributed by atoms with van der Waals surface area (Å²) in [5.41, 5.74) is 4.51. The van der Waals surface area contributed by atoms with Gasteiger partial charge in [-0.2, -0.15) is 13.2 Å². The summed E-state index contributed by atoms with van der Waals surface area (Å²) in [4.78, 5) is 3.89. The molecule has 1 aromatic carbocycles. The van der Waals surface area contributed by atoms with Crippen LogP contribution in [-0.4, -0.2) is 12.5 Å². The molecule has 1 aliphatic rings. The maximum Gasteiger partial charge on any atom is 0.416 e. The minimum Gasteiger partial charge on any atom is -0.370 e. The Morgan fingerprint density at radius 2 is 2.00 bits per heavy atom. The van der Waals surface area contributed by atoms with Crippen molar-refractivity contribution in [3.8, 4) is 0 Å². The molecule has 0 aliphatic heterocycles. The number of guanidine groups is 1. The smallest absolute Gasteiger partial charge is 0.370 e. The van der Waals surface area contributed by atoms with Gasteiger partial charge < -0.3 is 11.1 Å². The number of rotatable bonds is 4. The van der Waals surface area contributed by atoms with Crippen molar-refractivity contribution in [2.75, 3.05) is 6.54 Å². The van der Waals surface area contributed by atoms with Crippen LogP contribution >= 0.6 is 24.0 Å². The molecular formula is C14H18F4IN3. The van der Waals surface area contributed by atoms with Gasteiger partial charge in [0.1, 0.15) is 5.82 Å². The molecule has 0 atom stereocenters. The number of nitrogens with two attached hydrogens (primary N) is 1. The summed E-state index contributed by atoms with van der Waals surface area (Å²) in [6.07, 6.45) is -1.14. The number of halogens is 5. The minimum absolute atomic E-state index is 0. The predicted molar refractivity (Wildman–Crippen MR) is 87.5 cm³/mol. The molecule has 0 radical (unpaired) electrons. The van der Waals surface area contributed by atoms with Gasteiger partial charge in [0.15, 0.2) is 5.96 Å². The van der Waals surface area contributed by atoms with Gasteiger partial charge in [0.25, 0.3) is 0 Å². The van der Waals surface area contributed by atoms with E-state index in [1.54, 1.807) is 0 Å². The number of aliphatic imine (C=N–C) groups is 1. The fourth-order valence-electron chi connectivity index (χ4n) is 2.12. The number of nitrogens with one attached hydrogen (secondary N) is 1. The van der Waals surface area contributed by atoms with Crippen LogP contribution in [0.4, 0.5) is 17.6 Å². The Hall–Kier alpha value is -1.06. The molecule has 3 N–H and O–H groups in total. The zero-order chi connectivity index (χ0) is 15.5. The molecule has 0 aromatic heterocycles. The average Bonchev–Trinajstić information content (AvgIpc) is 2.34. The first-order valence-electron chi connectivity index (χ1n) is 6.75. The minimum atomic E-state index is -4.61. The van der Waals surface area contributed by atoms with Crippen LogP contribution in [0.3, 0.4) is 0 Å². The molecule has 1 fully saturated rings. The highest BCUT2D eigenvalue weighted by molar-refractivity contribution is 14.0. The fourth-order valence-corrected chi connectivity index (χ4v) is 2.12. The van der Waals surface area contributed by atoms with E-state index in [9.17, 15) is 17.6 Å². The first-order chi connectivity index (χ1) is 9.86. The van der Waals surface area contributed by atoms with Gasteiger partial charge in [-0.1, -0.05) is 12.5 Å². The lowest BCUT2D eigenvalue weighted by Crippen LogP contribution is -2.37.